The van der Waals surface area contributed by atoms with Crippen molar-refractivity contribution in [3.05, 3.63) is 33.5 Å². The third-order valence-electron chi connectivity index (χ3n) is 2.11. The highest BCUT2D eigenvalue weighted by Gasteiger charge is 2.17. The van der Waals surface area contributed by atoms with Gasteiger partial charge in [-0.05, 0) is 92.6 Å². The number of ether oxygens (including phenoxy) is 1. The maximum absolute atomic E-state index is 11.4. The third kappa shape index (κ3) is 3.48. The number of rotatable bonds is 2. The zero-order chi connectivity index (χ0) is 14.0. The van der Waals surface area contributed by atoms with Crippen LogP contribution in [0.5, 0.6) is 0 Å². The number of hydrogen-bond acceptors (Lipinski definition) is 2. The maximum Gasteiger partial charge on any atom is 0.333 e. The molecule has 0 bridgehead atoms. The molecule has 0 aliphatic heterocycles. The van der Waals surface area contributed by atoms with Crippen molar-refractivity contribution in [3.8, 4) is 0 Å². The normalized spacial score (nSPS) is 11.6. The second kappa shape index (κ2) is 7.02. The average Bonchev–Trinajstić information content (AvgIpc) is 2.37. The molecule has 0 unspecified atom stereocenters. The summed E-state index contributed by atoms with van der Waals surface area (Å²) in [5.74, 6) is -0.357. The highest BCUT2D eigenvalue weighted by molar-refractivity contribution is 9.15. The second-order valence-corrected chi connectivity index (χ2v) is 7.27. The molecular weight excluding hydrogens is 564 g/mol. The van der Waals surface area contributed by atoms with E-state index in [9.17, 15) is 4.79 Å². The monoisotopic (exact) mass is 566 g/mol. The van der Waals surface area contributed by atoms with Gasteiger partial charge in [0.1, 0.15) is 0 Å². The van der Waals surface area contributed by atoms with E-state index in [1.54, 1.807) is 13.0 Å². The lowest BCUT2D eigenvalue weighted by atomic mass is 10.1. The summed E-state index contributed by atoms with van der Waals surface area (Å²) in [5.41, 5.74) is 1.36. The zero-order valence-electron chi connectivity index (χ0n) is 9.28. The van der Waals surface area contributed by atoms with E-state index >= 15 is 0 Å². The van der Waals surface area contributed by atoms with Crippen molar-refractivity contribution in [1.29, 1.82) is 0 Å². The fraction of sp³-hybridized carbons (Fsp3) is 0.182. The molecule has 98 valence electrons. The first-order valence-electron chi connectivity index (χ1n) is 4.59. The Bertz CT molecular complexity index is 508. The molecule has 7 heteroatoms. The molecule has 0 spiro atoms. The SMILES string of the molecule is COC(=O)C(C)=Cc1c(Br)c(Br)c(Br)c(Br)c1Br. The summed E-state index contributed by atoms with van der Waals surface area (Å²) in [5, 5.41) is 0. The molecule has 0 radical (unpaired) electrons. The minimum absolute atomic E-state index is 0.357. The van der Waals surface area contributed by atoms with Gasteiger partial charge < -0.3 is 4.74 Å². The largest absolute Gasteiger partial charge is 0.466 e. The van der Waals surface area contributed by atoms with Gasteiger partial charge in [-0.25, -0.2) is 4.79 Å². The lowest BCUT2D eigenvalue weighted by Gasteiger charge is -2.11. The van der Waals surface area contributed by atoms with Crippen LogP contribution < -0.4 is 0 Å². The maximum atomic E-state index is 11.4. The molecule has 1 aromatic carbocycles. The number of hydrogen-bond donors (Lipinski definition) is 0. The lowest BCUT2D eigenvalue weighted by molar-refractivity contribution is -0.135. The minimum atomic E-state index is -0.357. The zero-order valence-corrected chi connectivity index (χ0v) is 17.2. The average molecular weight is 571 g/mol. The Morgan fingerprint density at radius 1 is 0.944 bits per heavy atom. The van der Waals surface area contributed by atoms with E-state index in [0.717, 1.165) is 27.9 Å². The predicted octanol–water partition coefficient (Wildman–Crippen LogP) is 6.08. The van der Waals surface area contributed by atoms with Gasteiger partial charge in [-0.2, -0.15) is 0 Å². The Hall–Kier alpha value is 0.830. The Balaban J connectivity index is 3.48. The fourth-order valence-corrected chi connectivity index (χ4v) is 4.49. The van der Waals surface area contributed by atoms with Gasteiger partial charge >= 0.3 is 5.97 Å². The van der Waals surface area contributed by atoms with Crippen LogP contribution in [0.4, 0.5) is 0 Å². The fourth-order valence-electron chi connectivity index (χ4n) is 1.19. The van der Waals surface area contributed by atoms with Crippen LogP contribution in [0.1, 0.15) is 12.5 Å². The molecule has 0 aromatic heterocycles. The van der Waals surface area contributed by atoms with E-state index in [0.29, 0.717) is 5.57 Å². The molecule has 0 amide bonds. The number of esters is 1. The van der Waals surface area contributed by atoms with Gasteiger partial charge in [-0.3, -0.25) is 0 Å². The molecule has 1 rings (SSSR count). The van der Waals surface area contributed by atoms with Crippen LogP contribution in [0.3, 0.4) is 0 Å². The minimum Gasteiger partial charge on any atom is -0.466 e. The number of methoxy groups -OCH3 is 1. The number of carbonyl (C=O) groups excluding carboxylic acids is 1. The van der Waals surface area contributed by atoms with Gasteiger partial charge in [0.25, 0.3) is 0 Å². The molecule has 0 aliphatic rings. The Morgan fingerprint density at radius 3 is 1.72 bits per heavy atom. The van der Waals surface area contributed by atoms with Crippen molar-refractivity contribution in [1.82, 2.24) is 0 Å². The first-order valence-corrected chi connectivity index (χ1v) is 8.55. The van der Waals surface area contributed by atoms with Crippen LogP contribution in [0.25, 0.3) is 6.08 Å². The summed E-state index contributed by atoms with van der Waals surface area (Å²) in [7, 11) is 1.36. The molecule has 0 heterocycles. The van der Waals surface area contributed by atoms with Crippen molar-refractivity contribution in [2.24, 2.45) is 0 Å². The third-order valence-corrected chi connectivity index (χ3v) is 8.27. The molecule has 0 saturated carbocycles. The van der Waals surface area contributed by atoms with Gasteiger partial charge in [-0.1, -0.05) is 0 Å². The van der Waals surface area contributed by atoms with Crippen molar-refractivity contribution in [3.63, 3.8) is 0 Å². The first-order chi connectivity index (χ1) is 8.31. The highest BCUT2D eigenvalue weighted by atomic mass is 79.9. The van der Waals surface area contributed by atoms with Crippen molar-refractivity contribution >= 4 is 91.7 Å². The summed E-state index contributed by atoms with van der Waals surface area (Å²) in [4.78, 5) is 11.4. The number of benzene rings is 1. The summed E-state index contributed by atoms with van der Waals surface area (Å²) >= 11 is 17.4. The van der Waals surface area contributed by atoms with Crippen molar-refractivity contribution in [2.45, 2.75) is 6.92 Å². The van der Waals surface area contributed by atoms with Gasteiger partial charge in [0.15, 0.2) is 0 Å². The number of carbonyl (C=O) groups is 1. The molecular formula is C11H7Br5O2. The van der Waals surface area contributed by atoms with Gasteiger partial charge in [-0.15, -0.1) is 0 Å². The molecule has 0 atom stereocenters. The molecule has 1 aromatic rings. The molecule has 0 fully saturated rings. The summed E-state index contributed by atoms with van der Waals surface area (Å²) in [6, 6.07) is 0. The van der Waals surface area contributed by atoms with Crippen molar-refractivity contribution in [2.75, 3.05) is 7.11 Å². The van der Waals surface area contributed by atoms with E-state index in [1.165, 1.54) is 7.11 Å². The first kappa shape index (κ1) is 16.9. The molecule has 0 saturated heterocycles. The van der Waals surface area contributed by atoms with E-state index in [4.69, 9.17) is 0 Å². The predicted molar refractivity (Wildman–Crippen MR) is 90.6 cm³/mol. The second-order valence-electron chi connectivity index (χ2n) is 3.30. The smallest absolute Gasteiger partial charge is 0.333 e. The summed E-state index contributed by atoms with van der Waals surface area (Å²) in [6.45, 7) is 1.70. The standard InChI is InChI=1S/C11H7Br5O2/c1-4(11(17)18-2)3-5-6(12)8(14)10(16)9(15)7(5)13/h3H,1-2H3. The van der Waals surface area contributed by atoms with E-state index in [2.05, 4.69) is 84.4 Å². The molecule has 0 N–H and O–H groups in total. The molecule has 18 heavy (non-hydrogen) atoms. The molecule has 0 aliphatic carbocycles. The Kier molecular flexibility index (Phi) is 6.58. The van der Waals surface area contributed by atoms with Crippen LogP contribution in [0.15, 0.2) is 27.9 Å². The number of halogens is 5. The van der Waals surface area contributed by atoms with Crippen LogP contribution in [-0.2, 0) is 9.53 Å². The highest BCUT2D eigenvalue weighted by Crippen LogP contribution is 2.45. The summed E-state index contributed by atoms with van der Waals surface area (Å²) < 4.78 is 8.97. The van der Waals surface area contributed by atoms with Gasteiger partial charge in [0.2, 0.25) is 0 Å². The van der Waals surface area contributed by atoms with Crippen LogP contribution >= 0.6 is 79.6 Å². The Morgan fingerprint density at radius 2 is 1.33 bits per heavy atom. The Labute approximate surface area is 147 Å². The van der Waals surface area contributed by atoms with Crippen LogP contribution in [0.2, 0.25) is 0 Å². The van der Waals surface area contributed by atoms with Gasteiger partial charge in [0, 0.05) is 33.5 Å². The van der Waals surface area contributed by atoms with E-state index < -0.39 is 0 Å². The summed E-state index contributed by atoms with van der Waals surface area (Å²) in [6.07, 6.45) is 1.75. The quantitative estimate of drug-likeness (QED) is 0.187. The lowest BCUT2D eigenvalue weighted by Crippen LogP contribution is -2.01. The van der Waals surface area contributed by atoms with Crippen LogP contribution in [-0.4, -0.2) is 13.1 Å². The molecule has 2 nitrogen and oxygen atoms in total. The van der Waals surface area contributed by atoms with Crippen molar-refractivity contribution < 1.29 is 9.53 Å². The van der Waals surface area contributed by atoms with E-state index in [-0.39, 0.29) is 5.97 Å². The van der Waals surface area contributed by atoms with Gasteiger partial charge in [0.05, 0.1) is 7.11 Å². The van der Waals surface area contributed by atoms with E-state index in [1.807, 2.05) is 0 Å². The topological polar surface area (TPSA) is 26.3 Å². The van der Waals surface area contributed by atoms with Crippen LogP contribution in [0, 0.1) is 0 Å².